The summed E-state index contributed by atoms with van der Waals surface area (Å²) in [6.07, 6.45) is 0. The van der Waals surface area contributed by atoms with Crippen molar-refractivity contribution in [2.75, 3.05) is 13.2 Å². The van der Waals surface area contributed by atoms with Crippen molar-refractivity contribution < 1.29 is 14.2 Å². The fraction of sp³-hybridized carbons (Fsp3) is 0.200. The fourth-order valence-electron chi connectivity index (χ4n) is 1.84. The van der Waals surface area contributed by atoms with Crippen molar-refractivity contribution in [3.63, 3.8) is 0 Å². The molecule has 1 unspecified atom stereocenters. The second-order valence-electron chi connectivity index (χ2n) is 4.32. The Hall–Kier alpha value is -1.68. The molecule has 3 rings (SSSR count). The Labute approximate surface area is 120 Å². The third kappa shape index (κ3) is 2.84. The molecule has 0 aromatic heterocycles. The molecule has 2 aromatic rings. The predicted octanol–water partition coefficient (Wildman–Crippen LogP) is 3.63. The quantitative estimate of drug-likeness (QED) is 0.808. The molecule has 0 amide bonds. The Morgan fingerprint density at radius 1 is 1.00 bits per heavy atom. The molecular formula is C15H13BrO3. The lowest BCUT2D eigenvalue weighted by Gasteiger charge is -2.33. The van der Waals surface area contributed by atoms with Crippen LogP contribution in [-0.2, 0) is 0 Å². The summed E-state index contributed by atoms with van der Waals surface area (Å²) in [6.45, 7) is 0.766. The van der Waals surface area contributed by atoms with E-state index >= 15 is 0 Å². The minimum atomic E-state index is -0.656. The zero-order valence-electron chi connectivity index (χ0n) is 10.2. The first-order chi connectivity index (χ1) is 9.25. The van der Waals surface area contributed by atoms with Crippen LogP contribution in [0, 0.1) is 0 Å². The zero-order valence-corrected chi connectivity index (χ0v) is 11.8. The third-order valence-corrected chi connectivity index (χ3v) is 3.40. The lowest BCUT2D eigenvalue weighted by molar-refractivity contribution is 0.0329. The van der Waals surface area contributed by atoms with Gasteiger partial charge in [-0.3, -0.25) is 0 Å². The van der Waals surface area contributed by atoms with Gasteiger partial charge in [0, 0.05) is 0 Å². The van der Waals surface area contributed by atoms with Crippen molar-refractivity contribution in [2.45, 2.75) is 4.51 Å². The van der Waals surface area contributed by atoms with E-state index < -0.39 is 4.51 Å². The molecule has 0 N–H and O–H groups in total. The Bertz CT molecular complexity index is 558. The molecule has 1 aliphatic rings. The van der Waals surface area contributed by atoms with E-state index in [1.165, 1.54) is 0 Å². The molecule has 0 bridgehead atoms. The number of alkyl halides is 1. The summed E-state index contributed by atoms with van der Waals surface area (Å²) in [6, 6.07) is 17.2. The van der Waals surface area contributed by atoms with Crippen LogP contribution in [-0.4, -0.2) is 17.7 Å². The van der Waals surface area contributed by atoms with Gasteiger partial charge in [-0.2, -0.15) is 0 Å². The molecule has 19 heavy (non-hydrogen) atoms. The average Bonchev–Trinajstić information content (AvgIpc) is 2.46. The van der Waals surface area contributed by atoms with Gasteiger partial charge in [0.1, 0.15) is 19.0 Å². The van der Waals surface area contributed by atoms with E-state index in [4.69, 9.17) is 14.2 Å². The number of para-hydroxylation sites is 3. The van der Waals surface area contributed by atoms with Gasteiger partial charge in [-0.25, -0.2) is 0 Å². The first kappa shape index (κ1) is 12.4. The van der Waals surface area contributed by atoms with Crippen molar-refractivity contribution in [1.82, 2.24) is 0 Å². The first-order valence-electron chi connectivity index (χ1n) is 6.03. The van der Waals surface area contributed by atoms with Gasteiger partial charge in [0.15, 0.2) is 11.5 Å². The second-order valence-corrected chi connectivity index (χ2v) is 5.77. The molecule has 98 valence electrons. The van der Waals surface area contributed by atoms with E-state index in [0.717, 1.165) is 17.2 Å². The summed E-state index contributed by atoms with van der Waals surface area (Å²) in [5.41, 5.74) is 0. The highest BCUT2D eigenvalue weighted by Gasteiger charge is 2.36. The number of rotatable bonds is 3. The molecule has 2 aromatic carbocycles. The standard InChI is InChI=1S/C15H13BrO3/c16-15(10-17-12-6-2-1-3-7-12)11-18-13-8-4-5-9-14(13)19-15/h1-9H,10-11H2. The lowest BCUT2D eigenvalue weighted by Crippen LogP contribution is -2.44. The average molecular weight is 321 g/mol. The molecule has 1 atom stereocenters. The molecule has 0 aliphatic carbocycles. The van der Waals surface area contributed by atoms with E-state index in [9.17, 15) is 0 Å². The van der Waals surface area contributed by atoms with E-state index in [1.54, 1.807) is 0 Å². The van der Waals surface area contributed by atoms with Gasteiger partial charge in [-0.05, 0) is 40.2 Å². The Morgan fingerprint density at radius 3 is 2.47 bits per heavy atom. The van der Waals surface area contributed by atoms with E-state index in [2.05, 4.69) is 15.9 Å². The van der Waals surface area contributed by atoms with E-state index in [-0.39, 0.29) is 0 Å². The Balaban J connectivity index is 1.69. The summed E-state index contributed by atoms with van der Waals surface area (Å²) in [5.74, 6) is 2.29. The van der Waals surface area contributed by atoms with Crippen LogP contribution in [0.4, 0.5) is 0 Å². The Kier molecular flexibility index (Phi) is 3.34. The van der Waals surface area contributed by atoms with Gasteiger partial charge in [0.25, 0.3) is 0 Å². The molecule has 3 nitrogen and oxygen atoms in total. The Morgan fingerprint density at radius 2 is 1.68 bits per heavy atom. The predicted molar refractivity (Wildman–Crippen MR) is 76.2 cm³/mol. The van der Waals surface area contributed by atoms with Crippen LogP contribution < -0.4 is 14.2 Å². The molecule has 0 radical (unpaired) electrons. The third-order valence-electron chi connectivity index (χ3n) is 2.78. The van der Waals surface area contributed by atoms with Crippen LogP contribution >= 0.6 is 15.9 Å². The smallest absolute Gasteiger partial charge is 0.230 e. The first-order valence-corrected chi connectivity index (χ1v) is 6.82. The normalized spacial score (nSPS) is 20.9. The van der Waals surface area contributed by atoms with Crippen LogP contribution in [0.3, 0.4) is 0 Å². The molecule has 0 fully saturated rings. The zero-order chi connectivity index (χ0) is 13.1. The summed E-state index contributed by atoms with van der Waals surface area (Å²) >= 11 is 3.55. The lowest BCUT2D eigenvalue weighted by atomic mass is 10.2. The van der Waals surface area contributed by atoms with Gasteiger partial charge in [-0.1, -0.05) is 30.3 Å². The SMILES string of the molecule is BrC1(COc2ccccc2)COc2ccccc2O1. The number of hydrogen-bond acceptors (Lipinski definition) is 3. The van der Waals surface area contributed by atoms with Crippen molar-refractivity contribution in [3.05, 3.63) is 54.6 Å². The summed E-state index contributed by atoms with van der Waals surface area (Å²) in [4.78, 5) is 0. The minimum Gasteiger partial charge on any atom is -0.488 e. The number of ether oxygens (including phenoxy) is 3. The van der Waals surface area contributed by atoms with Crippen LogP contribution in [0.1, 0.15) is 0 Å². The van der Waals surface area contributed by atoms with E-state index in [0.29, 0.717) is 13.2 Å². The fourth-order valence-corrected chi connectivity index (χ4v) is 2.25. The number of fused-ring (bicyclic) bond motifs is 1. The molecule has 0 spiro atoms. The van der Waals surface area contributed by atoms with Crippen LogP contribution in [0.25, 0.3) is 0 Å². The molecule has 0 saturated carbocycles. The topological polar surface area (TPSA) is 27.7 Å². The van der Waals surface area contributed by atoms with Crippen LogP contribution in [0.5, 0.6) is 17.2 Å². The highest BCUT2D eigenvalue weighted by atomic mass is 79.9. The molecule has 1 aliphatic heterocycles. The molecule has 1 heterocycles. The maximum absolute atomic E-state index is 5.91. The summed E-state index contributed by atoms with van der Waals surface area (Å²) in [7, 11) is 0. The maximum Gasteiger partial charge on any atom is 0.230 e. The number of halogens is 1. The van der Waals surface area contributed by atoms with Crippen LogP contribution in [0.2, 0.25) is 0 Å². The van der Waals surface area contributed by atoms with Gasteiger partial charge in [0.2, 0.25) is 4.51 Å². The van der Waals surface area contributed by atoms with E-state index in [1.807, 2.05) is 54.6 Å². The van der Waals surface area contributed by atoms with Gasteiger partial charge in [-0.15, -0.1) is 0 Å². The maximum atomic E-state index is 5.91. The van der Waals surface area contributed by atoms with Crippen molar-refractivity contribution >= 4 is 15.9 Å². The van der Waals surface area contributed by atoms with Crippen molar-refractivity contribution in [2.24, 2.45) is 0 Å². The van der Waals surface area contributed by atoms with Gasteiger partial charge in [0.05, 0.1) is 0 Å². The largest absolute Gasteiger partial charge is 0.488 e. The van der Waals surface area contributed by atoms with Crippen molar-refractivity contribution in [3.8, 4) is 17.2 Å². The molecule has 0 saturated heterocycles. The van der Waals surface area contributed by atoms with Gasteiger partial charge < -0.3 is 14.2 Å². The monoisotopic (exact) mass is 320 g/mol. The number of benzene rings is 2. The van der Waals surface area contributed by atoms with Gasteiger partial charge >= 0.3 is 0 Å². The van der Waals surface area contributed by atoms with Crippen LogP contribution in [0.15, 0.2) is 54.6 Å². The highest BCUT2D eigenvalue weighted by molar-refractivity contribution is 9.10. The second kappa shape index (κ2) is 5.13. The molecule has 4 heteroatoms. The minimum absolute atomic E-state index is 0.366. The summed E-state index contributed by atoms with van der Waals surface area (Å²) < 4.78 is 16.6. The highest BCUT2D eigenvalue weighted by Crippen LogP contribution is 2.37. The number of hydrogen-bond donors (Lipinski definition) is 0. The summed E-state index contributed by atoms with van der Waals surface area (Å²) in [5, 5.41) is 0. The van der Waals surface area contributed by atoms with Crippen molar-refractivity contribution in [1.29, 1.82) is 0 Å². The molecular weight excluding hydrogens is 308 g/mol.